The largest absolute Gasteiger partial charge is 0.328 e. The number of aryl methyl sites for hydroxylation is 1. The smallest absolute Gasteiger partial charge is 0.0823 e. The SMILES string of the molecule is CC(N)Cc1nn(C)c2c(Br)cccc12. The Morgan fingerprint density at radius 1 is 1.53 bits per heavy atom. The Morgan fingerprint density at radius 2 is 2.27 bits per heavy atom. The summed E-state index contributed by atoms with van der Waals surface area (Å²) in [6, 6.07) is 6.28. The average Bonchev–Trinajstić information content (AvgIpc) is 2.44. The van der Waals surface area contributed by atoms with E-state index in [2.05, 4.69) is 27.1 Å². The highest BCUT2D eigenvalue weighted by molar-refractivity contribution is 9.10. The summed E-state index contributed by atoms with van der Waals surface area (Å²) in [7, 11) is 1.96. The van der Waals surface area contributed by atoms with Crippen LogP contribution in [0.4, 0.5) is 0 Å². The molecule has 0 bridgehead atoms. The summed E-state index contributed by atoms with van der Waals surface area (Å²) >= 11 is 3.54. The van der Waals surface area contributed by atoms with E-state index in [1.54, 1.807) is 0 Å². The molecular weight excluding hydrogens is 254 g/mol. The molecule has 1 unspecified atom stereocenters. The summed E-state index contributed by atoms with van der Waals surface area (Å²) in [5, 5.41) is 5.68. The first-order valence-corrected chi connectivity index (χ1v) is 5.74. The lowest BCUT2D eigenvalue weighted by Crippen LogP contribution is -2.18. The maximum absolute atomic E-state index is 5.80. The van der Waals surface area contributed by atoms with Crippen molar-refractivity contribution in [2.24, 2.45) is 12.8 Å². The number of fused-ring (bicyclic) bond motifs is 1. The van der Waals surface area contributed by atoms with Crippen LogP contribution in [0.3, 0.4) is 0 Å². The lowest BCUT2D eigenvalue weighted by Gasteiger charge is -2.01. The van der Waals surface area contributed by atoms with Gasteiger partial charge in [0.25, 0.3) is 0 Å². The zero-order valence-corrected chi connectivity index (χ0v) is 10.5. The fourth-order valence-electron chi connectivity index (χ4n) is 1.82. The molecule has 80 valence electrons. The van der Waals surface area contributed by atoms with Crippen LogP contribution < -0.4 is 5.73 Å². The van der Waals surface area contributed by atoms with E-state index in [4.69, 9.17) is 5.73 Å². The van der Waals surface area contributed by atoms with Crippen LogP contribution in [0.15, 0.2) is 22.7 Å². The third-order valence-corrected chi connectivity index (χ3v) is 3.05. The van der Waals surface area contributed by atoms with Gasteiger partial charge in [0.1, 0.15) is 0 Å². The Hall–Kier alpha value is -0.870. The van der Waals surface area contributed by atoms with Crippen molar-refractivity contribution in [1.29, 1.82) is 0 Å². The highest BCUT2D eigenvalue weighted by Crippen LogP contribution is 2.26. The molecule has 0 amide bonds. The first-order chi connectivity index (χ1) is 7.09. The standard InChI is InChI=1S/C11H14BrN3/c1-7(13)6-10-8-4-3-5-9(12)11(8)15(2)14-10/h3-5,7H,6,13H2,1-2H3. The number of rotatable bonds is 2. The van der Waals surface area contributed by atoms with Gasteiger partial charge >= 0.3 is 0 Å². The molecule has 0 saturated carbocycles. The Kier molecular flexibility index (Phi) is 2.80. The van der Waals surface area contributed by atoms with Crippen LogP contribution in [0.25, 0.3) is 10.9 Å². The molecule has 0 aliphatic heterocycles. The summed E-state index contributed by atoms with van der Waals surface area (Å²) < 4.78 is 2.97. The number of nitrogens with two attached hydrogens (primary N) is 1. The number of aromatic nitrogens is 2. The third kappa shape index (κ3) is 1.92. The molecule has 15 heavy (non-hydrogen) atoms. The number of benzene rings is 1. The Balaban J connectivity index is 2.63. The number of hydrogen-bond donors (Lipinski definition) is 1. The van der Waals surface area contributed by atoms with Crippen molar-refractivity contribution < 1.29 is 0 Å². The van der Waals surface area contributed by atoms with Crippen LogP contribution in [0.5, 0.6) is 0 Å². The summed E-state index contributed by atoms with van der Waals surface area (Å²) in [5.74, 6) is 0. The normalized spacial score (nSPS) is 13.3. The molecule has 0 fully saturated rings. The molecule has 0 aliphatic carbocycles. The number of nitrogens with zero attached hydrogens (tertiary/aromatic N) is 2. The van der Waals surface area contributed by atoms with E-state index in [1.807, 2.05) is 30.8 Å². The summed E-state index contributed by atoms with van der Waals surface area (Å²) in [4.78, 5) is 0. The quantitative estimate of drug-likeness (QED) is 0.907. The van der Waals surface area contributed by atoms with Gasteiger partial charge in [-0.2, -0.15) is 5.10 Å². The first-order valence-electron chi connectivity index (χ1n) is 4.95. The van der Waals surface area contributed by atoms with E-state index in [0.717, 1.165) is 22.1 Å². The van der Waals surface area contributed by atoms with Crippen LogP contribution in [0, 0.1) is 0 Å². The van der Waals surface area contributed by atoms with Crippen molar-refractivity contribution in [2.45, 2.75) is 19.4 Å². The Bertz CT molecular complexity index is 488. The highest BCUT2D eigenvalue weighted by Gasteiger charge is 2.11. The second-order valence-corrected chi connectivity index (χ2v) is 4.74. The van der Waals surface area contributed by atoms with Crippen molar-refractivity contribution >= 4 is 26.8 Å². The number of para-hydroxylation sites is 1. The van der Waals surface area contributed by atoms with Crippen LogP contribution in [0.2, 0.25) is 0 Å². The predicted octanol–water partition coefficient (Wildman–Crippen LogP) is 2.23. The van der Waals surface area contributed by atoms with Gasteiger partial charge in [-0.05, 0) is 28.9 Å². The lowest BCUT2D eigenvalue weighted by molar-refractivity contribution is 0.693. The molecule has 0 radical (unpaired) electrons. The molecule has 0 saturated heterocycles. The summed E-state index contributed by atoms with van der Waals surface area (Å²) in [5.41, 5.74) is 8.01. The maximum atomic E-state index is 5.80. The van der Waals surface area contributed by atoms with Gasteiger partial charge in [0.2, 0.25) is 0 Å². The van der Waals surface area contributed by atoms with Crippen molar-refractivity contribution in [3.8, 4) is 0 Å². The van der Waals surface area contributed by atoms with Crippen LogP contribution in [-0.2, 0) is 13.5 Å². The second-order valence-electron chi connectivity index (χ2n) is 3.89. The van der Waals surface area contributed by atoms with Gasteiger partial charge in [-0.25, -0.2) is 0 Å². The van der Waals surface area contributed by atoms with Crippen molar-refractivity contribution in [3.05, 3.63) is 28.4 Å². The number of hydrogen-bond acceptors (Lipinski definition) is 2. The van der Waals surface area contributed by atoms with E-state index in [1.165, 1.54) is 5.39 Å². The maximum Gasteiger partial charge on any atom is 0.0823 e. The van der Waals surface area contributed by atoms with Crippen LogP contribution in [-0.4, -0.2) is 15.8 Å². The van der Waals surface area contributed by atoms with Crippen LogP contribution in [0.1, 0.15) is 12.6 Å². The van der Waals surface area contributed by atoms with E-state index >= 15 is 0 Å². The zero-order chi connectivity index (χ0) is 11.0. The molecule has 1 aromatic heterocycles. The van der Waals surface area contributed by atoms with E-state index in [-0.39, 0.29) is 6.04 Å². The summed E-state index contributed by atoms with van der Waals surface area (Å²) in [6.07, 6.45) is 0.813. The van der Waals surface area contributed by atoms with Gasteiger partial charge < -0.3 is 5.73 Å². The van der Waals surface area contributed by atoms with Crippen molar-refractivity contribution in [3.63, 3.8) is 0 Å². The third-order valence-electron chi connectivity index (χ3n) is 2.41. The molecule has 2 rings (SSSR count). The highest BCUT2D eigenvalue weighted by atomic mass is 79.9. The lowest BCUT2D eigenvalue weighted by atomic mass is 10.1. The van der Waals surface area contributed by atoms with E-state index in [9.17, 15) is 0 Å². The predicted molar refractivity (Wildman–Crippen MR) is 65.8 cm³/mol. The van der Waals surface area contributed by atoms with Crippen LogP contribution >= 0.6 is 15.9 Å². The molecule has 4 heteroatoms. The van der Waals surface area contributed by atoms with E-state index < -0.39 is 0 Å². The van der Waals surface area contributed by atoms with Gasteiger partial charge in [-0.15, -0.1) is 0 Å². The molecule has 1 heterocycles. The Morgan fingerprint density at radius 3 is 2.93 bits per heavy atom. The first kappa shape index (κ1) is 10.6. The molecule has 1 aromatic carbocycles. The van der Waals surface area contributed by atoms with Gasteiger partial charge in [0.15, 0.2) is 0 Å². The van der Waals surface area contributed by atoms with Gasteiger partial charge in [-0.1, -0.05) is 12.1 Å². The fraction of sp³-hybridized carbons (Fsp3) is 0.364. The molecule has 1 atom stereocenters. The minimum absolute atomic E-state index is 0.141. The van der Waals surface area contributed by atoms with Crippen molar-refractivity contribution in [2.75, 3.05) is 0 Å². The van der Waals surface area contributed by atoms with E-state index in [0.29, 0.717) is 0 Å². The molecule has 3 nitrogen and oxygen atoms in total. The number of halogens is 1. The minimum Gasteiger partial charge on any atom is -0.328 e. The molecule has 2 N–H and O–H groups in total. The van der Waals surface area contributed by atoms with Gasteiger partial charge in [0, 0.05) is 29.4 Å². The van der Waals surface area contributed by atoms with Gasteiger partial charge in [-0.3, -0.25) is 4.68 Å². The zero-order valence-electron chi connectivity index (χ0n) is 8.87. The summed E-state index contributed by atoms with van der Waals surface area (Å²) in [6.45, 7) is 2.00. The topological polar surface area (TPSA) is 43.8 Å². The fourth-order valence-corrected chi connectivity index (χ4v) is 2.44. The molecular formula is C11H14BrN3. The van der Waals surface area contributed by atoms with Gasteiger partial charge in [0.05, 0.1) is 11.2 Å². The molecule has 0 spiro atoms. The average molecular weight is 268 g/mol. The molecule has 0 aliphatic rings. The second kappa shape index (κ2) is 3.94. The minimum atomic E-state index is 0.141. The van der Waals surface area contributed by atoms with Crippen molar-refractivity contribution in [1.82, 2.24) is 9.78 Å². The monoisotopic (exact) mass is 267 g/mol. The molecule has 2 aromatic rings. The Labute approximate surface area is 97.4 Å².